The maximum atomic E-state index is 13.7. The number of anilines is 1. The lowest BCUT2D eigenvalue weighted by molar-refractivity contribution is -0.131. The third-order valence-electron chi connectivity index (χ3n) is 8.19. The van der Waals surface area contributed by atoms with E-state index in [9.17, 15) is 4.79 Å². The molecule has 41 heavy (non-hydrogen) atoms. The van der Waals surface area contributed by atoms with Crippen LogP contribution in [0.4, 0.5) is 5.88 Å². The van der Waals surface area contributed by atoms with Crippen LogP contribution in [0.1, 0.15) is 87.6 Å². The van der Waals surface area contributed by atoms with Gasteiger partial charge >= 0.3 is 0 Å². The maximum Gasteiger partial charge on any atom is 0.256 e. The summed E-state index contributed by atoms with van der Waals surface area (Å²) in [6, 6.07) is 14.9. The van der Waals surface area contributed by atoms with Gasteiger partial charge in [-0.2, -0.15) is 0 Å². The molecule has 1 aliphatic carbocycles. The summed E-state index contributed by atoms with van der Waals surface area (Å²) in [5.41, 5.74) is 5.83. The summed E-state index contributed by atoms with van der Waals surface area (Å²) in [6.07, 6.45) is 7.87. The molecule has 1 amide bonds. The molecule has 8 heteroatoms. The SMILES string of the molecule is CCCCC1=NC2(CCCC2)C(=O)N1Cc1ccc(-c2ccccc2SNc2onc(C)c2C)c(COCCC)c1. The summed E-state index contributed by atoms with van der Waals surface area (Å²) in [7, 11) is 0. The first-order valence-electron chi connectivity index (χ1n) is 15.0. The lowest BCUT2D eigenvalue weighted by Gasteiger charge is -2.23. The number of hydrogen-bond donors (Lipinski definition) is 1. The number of aliphatic imine (C=N–C) groups is 1. The zero-order chi connectivity index (χ0) is 28.8. The number of unbranched alkanes of at least 4 members (excludes halogenated alkanes) is 1. The first-order valence-corrected chi connectivity index (χ1v) is 15.8. The molecule has 0 atom stereocenters. The molecule has 2 aliphatic rings. The van der Waals surface area contributed by atoms with E-state index in [1.54, 1.807) is 0 Å². The summed E-state index contributed by atoms with van der Waals surface area (Å²) in [6.45, 7) is 10.0. The van der Waals surface area contributed by atoms with Crippen molar-refractivity contribution >= 4 is 29.6 Å². The standard InChI is InChI=1S/C33H42N4O3S/c1-5-7-14-30-34-33(17-10-11-18-33)32(38)37(30)21-25-15-16-27(26(20-25)22-39-19-6-2)28-12-8-9-13-29(28)41-36-31-23(3)24(4)35-40-31/h8-9,12-13,15-16,20,36H,5-7,10-11,14,17-19,21-22H2,1-4H3. The second-order valence-corrected chi connectivity index (χ2v) is 12.1. The van der Waals surface area contributed by atoms with E-state index >= 15 is 0 Å². The molecule has 1 saturated carbocycles. The molecule has 1 fully saturated rings. The van der Waals surface area contributed by atoms with Gasteiger partial charge in [-0.15, -0.1) is 0 Å². The number of aromatic nitrogens is 1. The zero-order valence-electron chi connectivity index (χ0n) is 24.8. The van der Waals surface area contributed by atoms with Gasteiger partial charge < -0.3 is 9.26 Å². The van der Waals surface area contributed by atoms with Crippen LogP contribution in [0.25, 0.3) is 11.1 Å². The number of nitrogens with one attached hydrogen (secondary N) is 1. The fourth-order valence-electron chi connectivity index (χ4n) is 5.72. The number of ether oxygens (including phenoxy) is 1. The normalized spacial score (nSPS) is 16.1. The van der Waals surface area contributed by atoms with Gasteiger partial charge in [0.1, 0.15) is 11.4 Å². The number of amidine groups is 1. The van der Waals surface area contributed by atoms with Crippen molar-refractivity contribution in [2.24, 2.45) is 4.99 Å². The smallest absolute Gasteiger partial charge is 0.256 e. The van der Waals surface area contributed by atoms with Gasteiger partial charge in [-0.25, -0.2) is 0 Å². The molecule has 218 valence electrons. The number of benzene rings is 2. The molecule has 7 nitrogen and oxygen atoms in total. The molecular weight excluding hydrogens is 532 g/mol. The van der Waals surface area contributed by atoms with E-state index in [0.717, 1.165) is 95.6 Å². The van der Waals surface area contributed by atoms with Crippen molar-refractivity contribution in [2.75, 3.05) is 11.3 Å². The highest BCUT2D eigenvalue weighted by Crippen LogP contribution is 2.41. The maximum absolute atomic E-state index is 13.7. The van der Waals surface area contributed by atoms with Crippen LogP contribution in [0, 0.1) is 13.8 Å². The third kappa shape index (κ3) is 6.38. The highest BCUT2D eigenvalue weighted by molar-refractivity contribution is 8.00. The van der Waals surface area contributed by atoms with Gasteiger partial charge in [-0.3, -0.25) is 19.4 Å². The van der Waals surface area contributed by atoms with Crippen molar-refractivity contribution in [1.82, 2.24) is 10.1 Å². The zero-order valence-corrected chi connectivity index (χ0v) is 25.6. The second-order valence-electron chi connectivity index (χ2n) is 11.2. The lowest BCUT2D eigenvalue weighted by Crippen LogP contribution is -2.40. The van der Waals surface area contributed by atoms with E-state index in [0.29, 0.717) is 25.6 Å². The Bertz CT molecular complexity index is 1390. The largest absolute Gasteiger partial charge is 0.377 e. The monoisotopic (exact) mass is 574 g/mol. The number of nitrogens with zero attached hydrogens (tertiary/aromatic N) is 3. The number of aryl methyl sites for hydroxylation is 1. The minimum Gasteiger partial charge on any atom is -0.377 e. The van der Waals surface area contributed by atoms with E-state index in [1.807, 2.05) is 24.8 Å². The van der Waals surface area contributed by atoms with Crippen LogP contribution in [0.3, 0.4) is 0 Å². The number of amides is 1. The Morgan fingerprint density at radius 3 is 2.61 bits per heavy atom. The van der Waals surface area contributed by atoms with Crippen LogP contribution in [0.5, 0.6) is 0 Å². The molecule has 1 spiro atoms. The molecule has 0 bridgehead atoms. The van der Waals surface area contributed by atoms with Gasteiger partial charge in [0.15, 0.2) is 0 Å². The molecule has 5 rings (SSSR count). The third-order valence-corrected chi connectivity index (χ3v) is 9.05. The van der Waals surface area contributed by atoms with Crippen LogP contribution >= 0.6 is 11.9 Å². The quantitative estimate of drug-likeness (QED) is 0.164. The van der Waals surface area contributed by atoms with Crippen LogP contribution in [0.15, 0.2) is 56.9 Å². The summed E-state index contributed by atoms with van der Waals surface area (Å²) < 4.78 is 14.9. The first-order chi connectivity index (χ1) is 20.0. The van der Waals surface area contributed by atoms with Gasteiger partial charge in [0.05, 0.1) is 18.8 Å². The van der Waals surface area contributed by atoms with E-state index < -0.39 is 5.54 Å². The summed E-state index contributed by atoms with van der Waals surface area (Å²) in [5, 5.41) is 4.06. The summed E-state index contributed by atoms with van der Waals surface area (Å²) in [5.74, 6) is 1.83. The van der Waals surface area contributed by atoms with Crippen LogP contribution < -0.4 is 4.72 Å². The molecule has 1 N–H and O–H groups in total. The summed E-state index contributed by atoms with van der Waals surface area (Å²) >= 11 is 1.52. The van der Waals surface area contributed by atoms with Crippen molar-refractivity contribution in [3.05, 3.63) is 64.8 Å². The average molecular weight is 575 g/mol. The van der Waals surface area contributed by atoms with Crippen LogP contribution in [-0.4, -0.2) is 33.9 Å². The Labute approximate surface area is 248 Å². The van der Waals surface area contributed by atoms with Gasteiger partial charge in [-0.1, -0.05) is 74.7 Å². The predicted octanol–water partition coefficient (Wildman–Crippen LogP) is 8.25. The van der Waals surface area contributed by atoms with Crippen molar-refractivity contribution in [3.8, 4) is 11.1 Å². The van der Waals surface area contributed by atoms with Crippen LogP contribution in [0.2, 0.25) is 0 Å². The lowest BCUT2D eigenvalue weighted by atomic mass is 9.96. The highest BCUT2D eigenvalue weighted by Gasteiger charge is 2.49. The Kier molecular flexibility index (Phi) is 9.50. The Hall–Kier alpha value is -3.10. The molecule has 2 aromatic carbocycles. The van der Waals surface area contributed by atoms with Gasteiger partial charge in [0.2, 0.25) is 5.88 Å². The van der Waals surface area contributed by atoms with Crippen molar-refractivity contribution < 1.29 is 14.1 Å². The van der Waals surface area contributed by atoms with Crippen molar-refractivity contribution in [3.63, 3.8) is 0 Å². The Morgan fingerprint density at radius 1 is 1.07 bits per heavy atom. The fourth-order valence-corrected chi connectivity index (χ4v) is 6.55. The van der Waals surface area contributed by atoms with E-state index in [4.69, 9.17) is 14.3 Å². The molecule has 1 aliphatic heterocycles. The van der Waals surface area contributed by atoms with Gasteiger partial charge in [0, 0.05) is 23.5 Å². The fraction of sp³-hybridized carbons (Fsp3) is 0.485. The number of carbonyl (C=O) groups is 1. The van der Waals surface area contributed by atoms with Gasteiger partial charge in [0.25, 0.3) is 5.91 Å². The van der Waals surface area contributed by atoms with Crippen LogP contribution in [-0.2, 0) is 22.7 Å². The number of rotatable bonds is 13. The molecule has 1 aromatic heterocycles. The van der Waals surface area contributed by atoms with Crippen molar-refractivity contribution in [1.29, 1.82) is 0 Å². The number of carbonyl (C=O) groups excluding carboxylic acids is 1. The number of hydrogen-bond acceptors (Lipinski definition) is 7. The molecule has 0 radical (unpaired) electrons. The predicted molar refractivity (Wildman–Crippen MR) is 166 cm³/mol. The molecular formula is C33H42N4O3S. The Balaban J connectivity index is 1.42. The molecule has 3 aromatic rings. The molecule has 2 heterocycles. The molecule has 0 saturated heterocycles. The summed E-state index contributed by atoms with van der Waals surface area (Å²) in [4.78, 5) is 21.8. The van der Waals surface area contributed by atoms with E-state index in [-0.39, 0.29) is 5.91 Å². The highest BCUT2D eigenvalue weighted by atomic mass is 32.2. The minimum atomic E-state index is -0.514. The molecule has 0 unspecified atom stereocenters. The van der Waals surface area contributed by atoms with Gasteiger partial charge in [-0.05, 0) is 79.8 Å². The van der Waals surface area contributed by atoms with Crippen molar-refractivity contribution in [2.45, 2.75) is 103 Å². The average Bonchev–Trinajstić information content (AvgIpc) is 3.66. The van der Waals surface area contributed by atoms with E-state index in [2.05, 4.69) is 60.1 Å². The second kappa shape index (κ2) is 13.3. The minimum absolute atomic E-state index is 0.194. The van der Waals surface area contributed by atoms with E-state index in [1.165, 1.54) is 11.9 Å². The first kappa shape index (κ1) is 29.4. The Morgan fingerprint density at radius 2 is 1.88 bits per heavy atom. The topological polar surface area (TPSA) is 80.0 Å².